The molecule has 1 N–H and O–H groups in total. The molecular weight excluding hydrogens is 399 g/mol. The van der Waals surface area contributed by atoms with Crippen LogP contribution in [0.25, 0.3) is 0 Å². The number of aliphatic hydroxyl groups excluding tert-OH is 1. The summed E-state index contributed by atoms with van der Waals surface area (Å²) in [4.78, 5) is 13.3. The topological polar surface area (TPSA) is 65.0 Å². The van der Waals surface area contributed by atoms with Gasteiger partial charge in [-0.1, -0.05) is 30.7 Å². The molecule has 0 radical (unpaired) electrons. The summed E-state index contributed by atoms with van der Waals surface area (Å²) in [7, 11) is 1.57. The summed E-state index contributed by atoms with van der Waals surface area (Å²) in [6.07, 6.45) is 8.39. The monoisotopic (exact) mass is 434 g/mol. The van der Waals surface area contributed by atoms with E-state index in [9.17, 15) is 9.90 Å². The first kappa shape index (κ1) is 21.7. The molecule has 8 atom stereocenters. The molecule has 172 valence electrons. The highest BCUT2D eigenvalue weighted by atomic mass is 19.1. The molecule has 0 aromatic carbocycles. The van der Waals surface area contributed by atoms with Crippen LogP contribution in [-0.4, -0.2) is 53.9 Å². The normalized spacial score (nSPS) is 52.0. The van der Waals surface area contributed by atoms with Crippen LogP contribution in [0.2, 0.25) is 0 Å². The summed E-state index contributed by atoms with van der Waals surface area (Å²) in [6, 6.07) is 0. The Balaban J connectivity index is 1.66. The average molecular weight is 435 g/mol. The van der Waals surface area contributed by atoms with Crippen LogP contribution in [0.15, 0.2) is 23.8 Å². The molecule has 5 nitrogen and oxygen atoms in total. The van der Waals surface area contributed by atoms with Crippen LogP contribution < -0.4 is 0 Å². The van der Waals surface area contributed by atoms with E-state index in [1.54, 1.807) is 21.0 Å². The summed E-state index contributed by atoms with van der Waals surface area (Å²) < 4.78 is 36.0. The smallest absolute Gasteiger partial charge is 0.193 e. The lowest BCUT2D eigenvalue weighted by Gasteiger charge is -2.63. The van der Waals surface area contributed by atoms with Gasteiger partial charge in [-0.25, -0.2) is 4.39 Å². The Bertz CT molecular complexity index is 866. The van der Waals surface area contributed by atoms with Crippen molar-refractivity contribution in [2.45, 2.75) is 89.1 Å². The lowest BCUT2D eigenvalue weighted by atomic mass is 9.44. The molecule has 0 bridgehead atoms. The summed E-state index contributed by atoms with van der Waals surface area (Å²) in [5, 5.41) is 9.91. The van der Waals surface area contributed by atoms with E-state index < -0.39 is 46.7 Å². The van der Waals surface area contributed by atoms with Gasteiger partial charge in [0.25, 0.3) is 0 Å². The van der Waals surface area contributed by atoms with E-state index >= 15 is 4.39 Å². The fourth-order valence-electron chi connectivity index (χ4n) is 8.28. The lowest BCUT2D eigenvalue weighted by Crippen LogP contribution is -2.70. The maximum Gasteiger partial charge on any atom is 0.193 e. The van der Waals surface area contributed by atoms with Gasteiger partial charge in [0, 0.05) is 23.9 Å². The summed E-state index contributed by atoms with van der Waals surface area (Å²) in [5.74, 6) is -1.69. The number of ketones is 1. The first-order valence-corrected chi connectivity index (χ1v) is 11.6. The second kappa shape index (κ2) is 6.49. The summed E-state index contributed by atoms with van der Waals surface area (Å²) in [5.41, 5.74) is -3.12. The lowest BCUT2D eigenvalue weighted by molar-refractivity contribution is -0.250. The van der Waals surface area contributed by atoms with Gasteiger partial charge >= 0.3 is 0 Å². The molecule has 1 aliphatic heterocycles. The molecule has 0 aromatic rings. The van der Waals surface area contributed by atoms with Crippen LogP contribution >= 0.6 is 0 Å². The van der Waals surface area contributed by atoms with Crippen molar-refractivity contribution in [2.75, 3.05) is 13.7 Å². The third-order valence-electron chi connectivity index (χ3n) is 9.51. The number of aliphatic hydroxyl groups is 1. The third-order valence-corrected chi connectivity index (χ3v) is 9.51. The van der Waals surface area contributed by atoms with Gasteiger partial charge in [-0.2, -0.15) is 0 Å². The Labute approximate surface area is 184 Å². The molecule has 6 heteroatoms. The largest absolute Gasteiger partial charge is 0.388 e. The number of hydrogen-bond acceptors (Lipinski definition) is 5. The zero-order valence-electron chi connectivity index (χ0n) is 19.2. The molecule has 5 rings (SSSR count). The third kappa shape index (κ3) is 2.38. The standard InChI is InChI=1S/C25H35FO5/c1-21(2)30-19-12-17-16-10-9-15-8-6-7-11-22(15,3)24(16,26)20(29-5)13-23(17,4)25(19,31-21)18(28)14-27/h7-8,11,16-17,19-20,27H,6,9-10,12-14H2,1-5H3/t16-,17-,19+,20-,22-,23-,24-,25+/m0/s1. The fourth-order valence-corrected chi connectivity index (χ4v) is 8.28. The number of rotatable bonds is 3. The van der Waals surface area contributed by atoms with Crippen LogP contribution in [0.5, 0.6) is 0 Å². The Morgan fingerprint density at radius 2 is 2.03 bits per heavy atom. The van der Waals surface area contributed by atoms with Crippen LogP contribution in [0.4, 0.5) is 4.39 Å². The SMILES string of the molecule is CO[C@H]1C[C@@]2(C)[C@@H](C[C@H]3OC(C)(C)O[C@]32C(=O)CO)[C@@H]2CCC3=CCC=C[C@]3(C)[C@@]12F. The molecule has 0 spiro atoms. The van der Waals surface area contributed by atoms with Crippen LogP contribution in [0.3, 0.4) is 0 Å². The van der Waals surface area contributed by atoms with Crippen molar-refractivity contribution in [3.05, 3.63) is 23.8 Å². The van der Waals surface area contributed by atoms with E-state index in [4.69, 9.17) is 14.2 Å². The van der Waals surface area contributed by atoms with E-state index in [1.807, 2.05) is 19.9 Å². The molecule has 1 heterocycles. The molecule has 5 aliphatic rings. The predicted molar refractivity (Wildman–Crippen MR) is 113 cm³/mol. The minimum absolute atomic E-state index is 0.103. The van der Waals surface area contributed by atoms with Crippen LogP contribution in [0.1, 0.15) is 59.8 Å². The molecule has 0 amide bonds. The number of ether oxygens (including phenoxy) is 3. The second-order valence-electron chi connectivity index (χ2n) is 11.1. The Kier molecular flexibility index (Phi) is 4.56. The molecule has 4 fully saturated rings. The number of alkyl halides is 1. The van der Waals surface area contributed by atoms with E-state index in [0.717, 1.165) is 18.4 Å². The molecule has 0 unspecified atom stereocenters. The van der Waals surface area contributed by atoms with Gasteiger partial charge in [-0.3, -0.25) is 4.79 Å². The molecule has 1 saturated heterocycles. The molecule has 31 heavy (non-hydrogen) atoms. The van der Waals surface area contributed by atoms with Crippen molar-refractivity contribution in [3.63, 3.8) is 0 Å². The van der Waals surface area contributed by atoms with Gasteiger partial charge in [-0.05, 0) is 58.8 Å². The van der Waals surface area contributed by atoms with E-state index in [-0.39, 0.29) is 17.6 Å². The van der Waals surface area contributed by atoms with Crippen molar-refractivity contribution in [3.8, 4) is 0 Å². The zero-order valence-corrected chi connectivity index (χ0v) is 19.2. The van der Waals surface area contributed by atoms with Gasteiger partial charge in [0.1, 0.15) is 6.61 Å². The van der Waals surface area contributed by atoms with Crippen molar-refractivity contribution in [1.82, 2.24) is 0 Å². The predicted octanol–water partition coefficient (Wildman–Crippen LogP) is 3.89. The number of Topliss-reactive ketones (excluding diaryl/α,β-unsaturated/α-hetero) is 1. The van der Waals surface area contributed by atoms with Crippen molar-refractivity contribution in [2.24, 2.45) is 22.7 Å². The highest BCUT2D eigenvalue weighted by Crippen LogP contribution is 2.72. The second-order valence-corrected chi connectivity index (χ2v) is 11.1. The summed E-state index contributed by atoms with van der Waals surface area (Å²) in [6.45, 7) is 7.03. The van der Waals surface area contributed by atoms with Crippen LogP contribution in [-0.2, 0) is 19.0 Å². The van der Waals surface area contributed by atoms with E-state index in [2.05, 4.69) is 12.2 Å². The van der Waals surface area contributed by atoms with E-state index in [1.165, 1.54) is 0 Å². The van der Waals surface area contributed by atoms with E-state index in [0.29, 0.717) is 19.3 Å². The first-order valence-electron chi connectivity index (χ1n) is 11.6. The molecule has 0 aromatic heterocycles. The van der Waals surface area contributed by atoms with Crippen molar-refractivity contribution in [1.29, 1.82) is 0 Å². The number of allylic oxidation sites excluding steroid dienone is 4. The van der Waals surface area contributed by atoms with Gasteiger partial charge < -0.3 is 19.3 Å². The highest BCUT2D eigenvalue weighted by molar-refractivity contribution is 5.91. The maximum atomic E-state index is 17.5. The van der Waals surface area contributed by atoms with Crippen molar-refractivity contribution < 1.29 is 28.5 Å². The van der Waals surface area contributed by atoms with Gasteiger partial charge in [-0.15, -0.1) is 0 Å². The minimum atomic E-state index is -1.58. The quantitative estimate of drug-likeness (QED) is 0.683. The highest BCUT2D eigenvalue weighted by Gasteiger charge is 2.80. The Morgan fingerprint density at radius 3 is 2.71 bits per heavy atom. The summed E-state index contributed by atoms with van der Waals surface area (Å²) >= 11 is 0. The number of carbonyl (C=O) groups excluding carboxylic acids is 1. The number of methoxy groups -OCH3 is 1. The number of fused-ring (bicyclic) bond motifs is 7. The molecule has 3 saturated carbocycles. The minimum Gasteiger partial charge on any atom is -0.388 e. The average Bonchev–Trinajstić information content (AvgIpc) is 3.13. The molecular formula is C25H35FO5. The van der Waals surface area contributed by atoms with Crippen LogP contribution in [0, 0.1) is 22.7 Å². The maximum absolute atomic E-state index is 17.5. The van der Waals surface area contributed by atoms with Gasteiger partial charge in [0.2, 0.25) is 0 Å². The first-order chi connectivity index (χ1) is 14.5. The molecule has 4 aliphatic carbocycles. The number of hydrogen-bond donors (Lipinski definition) is 1. The van der Waals surface area contributed by atoms with Gasteiger partial charge in [0.05, 0.1) is 12.2 Å². The Morgan fingerprint density at radius 1 is 1.29 bits per heavy atom. The number of halogens is 1. The fraction of sp³-hybridized carbons (Fsp3) is 0.800. The zero-order chi connectivity index (χ0) is 22.4. The van der Waals surface area contributed by atoms with Crippen molar-refractivity contribution >= 4 is 5.78 Å². The Hall–Kier alpha value is -1.08. The number of carbonyl (C=O) groups is 1. The van der Waals surface area contributed by atoms with Gasteiger partial charge in [0.15, 0.2) is 22.8 Å².